The van der Waals surface area contributed by atoms with Crippen LogP contribution in [0.15, 0.2) is 42.5 Å². The highest BCUT2D eigenvalue weighted by Gasteiger charge is 2.11. The summed E-state index contributed by atoms with van der Waals surface area (Å²) in [4.78, 5) is 4.66. The molecule has 0 atom stereocenters. The molecule has 3 aromatic rings. The molecular formula is C16H16ClN3. The Balaban J connectivity index is 2.10. The number of nitrogens with two attached hydrogens (primary N) is 1. The fourth-order valence-electron chi connectivity index (χ4n) is 2.44. The largest absolute Gasteiger partial charge is 0.397 e. The number of para-hydroxylation sites is 1. The summed E-state index contributed by atoms with van der Waals surface area (Å²) in [6.45, 7) is 2.88. The molecule has 0 unspecified atom stereocenters. The molecule has 0 amide bonds. The second-order valence-corrected chi connectivity index (χ2v) is 5.25. The fraction of sp³-hybridized carbons (Fsp3) is 0.188. The molecular weight excluding hydrogens is 270 g/mol. The van der Waals surface area contributed by atoms with Gasteiger partial charge in [-0.05, 0) is 29.8 Å². The summed E-state index contributed by atoms with van der Waals surface area (Å²) in [6.07, 6.45) is 0.877. The Morgan fingerprint density at radius 1 is 1.15 bits per heavy atom. The van der Waals surface area contributed by atoms with Gasteiger partial charge >= 0.3 is 0 Å². The third-order valence-electron chi connectivity index (χ3n) is 3.46. The number of nitrogen functional groups attached to an aromatic ring is 1. The predicted octanol–water partition coefficient (Wildman–Crippen LogP) is 3.88. The molecule has 3 rings (SSSR count). The van der Waals surface area contributed by atoms with Crippen LogP contribution < -0.4 is 5.73 Å². The number of aromatic nitrogens is 2. The average molecular weight is 286 g/mol. The van der Waals surface area contributed by atoms with Gasteiger partial charge in [-0.2, -0.15) is 0 Å². The summed E-state index contributed by atoms with van der Waals surface area (Å²) in [5, 5.41) is 0.754. The van der Waals surface area contributed by atoms with E-state index in [1.807, 2.05) is 36.4 Å². The van der Waals surface area contributed by atoms with Crippen LogP contribution in [-0.2, 0) is 13.0 Å². The lowest BCUT2D eigenvalue weighted by molar-refractivity contribution is 0.753. The Morgan fingerprint density at radius 2 is 1.90 bits per heavy atom. The zero-order valence-corrected chi connectivity index (χ0v) is 12.1. The number of fused-ring (bicyclic) bond motifs is 1. The lowest BCUT2D eigenvalue weighted by atomic mass is 10.2. The number of hydrogen-bond acceptors (Lipinski definition) is 2. The van der Waals surface area contributed by atoms with Gasteiger partial charge in [0.25, 0.3) is 0 Å². The van der Waals surface area contributed by atoms with Crippen molar-refractivity contribution in [1.82, 2.24) is 9.55 Å². The second-order valence-electron chi connectivity index (χ2n) is 4.81. The minimum atomic E-state index is 0.729. The molecule has 0 aliphatic rings. The van der Waals surface area contributed by atoms with Crippen LogP contribution in [0, 0.1) is 0 Å². The Bertz CT molecular complexity index is 744. The maximum atomic E-state index is 6.01. The van der Waals surface area contributed by atoms with Crippen LogP contribution >= 0.6 is 11.6 Å². The van der Waals surface area contributed by atoms with E-state index in [9.17, 15) is 0 Å². The molecule has 0 aliphatic heterocycles. The molecule has 102 valence electrons. The number of rotatable bonds is 3. The molecule has 0 aliphatic carbocycles. The Morgan fingerprint density at radius 3 is 2.60 bits per heavy atom. The van der Waals surface area contributed by atoms with Crippen molar-refractivity contribution in [3.63, 3.8) is 0 Å². The third kappa shape index (κ3) is 2.25. The van der Waals surface area contributed by atoms with Crippen LogP contribution in [0.3, 0.4) is 0 Å². The molecule has 0 bridgehead atoms. The molecule has 1 aromatic heterocycles. The summed E-state index contributed by atoms with van der Waals surface area (Å²) >= 11 is 5.93. The maximum Gasteiger partial charge on any atom is 0.112 e. The maximum absolute atomic E-state index is 6.01. The summed E-state index contributed by atoms with van der Waals surface area (Å²) in [5.74, 6) is 1.05. The predicted molar refractivity (Wildman–Crippen MR) is 84.1 cm³/mol. The molecule has 3 nitrogen and oxygen atoms in total. The molecule has 4 heteroatoms. The van der Waals surface area contributed by atoms with E-state index in [1.54, 1.807) is 0 Å². The van der Waals surface area contributed by atoms with Crippen molar-refractivity contribution < 1.29 is 0 Å². The monoisotopic (exact) mass is 285 g/mol. The van der Waals surface area contributed by atoms with Gasteiger partial charge in [-0.1, -0.05) is 36.7 Å². The Kier molecular flexibility index (Phi) is 3.36. The van der Waals surface area contributed by atoms with Gasteiger partial charge in [0.15, 0.2) is 0 Å². The van der Waals surface area contributed by atoms with Crippen LogP contribution in [0.5, 0.6) is 0 Å². The number of anilines is 1. The van der Waals surface area contributed by atoms with E-state index in [1.165, 1.54) is 5.56 Å². The molecule has 0 saturated carbocycles. The molecule has 0 saturated heterocycles. The second kappa shape index (κ2) is 5.17. The fourth-order valence-corrected chi connectivity index (χ4v) is 2.56. The van der Waals surface area contributed by atoms with E-state index in [0.29, 0.717) is 0 Å². The molecule has 0 radical (unpaired) electrons. The minimum Gasteiger partial charge on any atom is -0.397 e. The first-order chi connectivity index (χ1) is 9.69. The number of halogens is 1. The Hall–Kier alpha value is -2.00. The summed E-state index contributed by atoms with van der Waals surface area (Å²) in [7, 11) is 0. The van der Waals surface area contributed by atoms with Crippen molar-refractivity contribution in [1.29, 1.82) is 0 Å². The third-order valence-corrected chi connectivity index (χ3v) is 3.71. The summed E-state index contributed by atoms with van der Waals surface area (Å²) < 4.78 is 2.22. The van der Waals surface area contributed by atoms with Gasteiger partial charge in [0.1, 0.15) is 11.3 Å². The van der Waals surface area contributed by atoms with Crippen molar-refractivity contribution in [3.8, 4) is 0 Å². The normalized spacial score (nSPS) is 11.1. The van der Waals surface area contributed by atoms with Crippen molar-refractivity contribution in [2.75, 3.05) is 5.73 Å². The van der Waals surface area contributed by atoms with E-state index in [-0.39, 0.29) is 0 Å². The first kappa shape index (κ1) is 13.0. The zero-order valence-electron chi connectivity index (χ0n) is 11.3. The van der Waals surface area contributed by atoms with Crippen molar-refractivity contribution in [3.05, 3.63) is 58.9 Å². The van der Waals surface area contributed by atoms with E-state index < -0.39 is 0 Å². The van der Waals surface area contributed by atoms with E-state index in [4.69, 9.17) is 17.3 Å². The highest BCUT2D eigenvalue weighted by Crippen LogP contribution is 2.23. The number of imidazole rings is 1. The molecule has 0 fully saturated rings. The first-order valence-electron chi connectivity index (χ1n) is 6.67. The van der Waals surface area contributed by atoms with Crippen LogP contribution in [0.1, 0.15) is 18.3 Å². The lowest BCUT2D eigenvalue weighted by Crippen LogP contribution is -2.04. The van der Waals surface area contributed by atoms with Gasteiger partial charge in [-0.3, -0.25) is 0 Å². The van der Waals surface area contributed by atoms with Crippen LogP contribution in [0.25, 0.3) is 11.0 Å². The van der Waals surface area contributed by atoms with Crippen molar-refractivity contribution >= 4 is 28.3 Å². The topological polar surface area (TPSA) is 43.8 Å². The number of nitrogens with zero attached hydrogens (tertiary/aromatic N) is 2. The highest BCUT2D eigenvalue weighted by atomic mass is 35.5. The number of benzene rings is 2. The van der Waals surface area contributed by atoms with Crippen molar-refractivity contribution in [2.24, 2.45) is 0 Å². The minimum absolute atomic E-state index is 0.729. The lowest BCUT2D eigenvalue weighted by Gasteiger charge is -2.08. The number of aryl methyl sites for hydroxylation is 1. The van der Waals surface area contributed by atoms with Gasteiger partial charge in [0.2, 0.25) is 0 Å². The zero-order chi connectivity index (χ0) is 14.1. The molecule has 2 N–H and O–H groups in total. The highest BCUT2D eigenvalue weighted by molar-refractivity contribution is 6.30. The SMILES string of the molecule is CCc1nc2c(N)cccc2n1Cc1ccc(Cl)cc1. The van der Waals surface area contributed by atoms with Gasteiger partial charge in [0.05, 0.1) is 11.2 Å². The standard InChI is InChI=1S/C16H16ClN3/c1-2-15-19-16-13(18)4-3-5-14(16)20(15)10-11-6-8-12(17)9-7-11/h3-9H,2,10,18H2,1H3. The van der Waals surface area contributed by atoms with Gasteiger partial charge < -0.3 is 10.3 Å². The molecule has 1 heterocycles. The first-order valence-corrected chi connectivity index (χ1v) is 7.05. The summed E-state index contributed by atoms with van der Waals surface area (Å²) in [6, 6.07) is 13.8. The molecule has 0 spiro atoms. The van der Waals surface area contributed by atoms with Crippen LogP contribution in [0.4, 0.5) is 5.69 Å². The van der Waals surface area contributed by atoms with Gasteiger partial charge in [-0.15, -0.1) is 0 Å². The summed E-state index contributed by atoms with van der Waals surface area (Å²) in [5.41, 5.74) is 9.91. The van der Waals surface area contributed by atoms with Gasteiger partial charge in [-0.25, -0.2) is 4.98 Å². The van der Waals surface area contributed by atoms with E-state index >= 15 is 0 Å². The Labute approximate surface area is 123 Å². The van der Waals surface area contributed by atoms with Crippen molar-refractivity contribution in [2.45, 2.75) is 19.9 Å². The van der Waals surface area contributed by atoms with Crippen LogP contribution in [0.2, 0.25) is 5.02 Å². The average Bonchev–Trinajstić information content (AvgIpc) is 2.81. The van der Waals surface area contributed by atoms with Crippen LogP contribution in [-0.4, -0.2) is 9.55 Å². The molecule has 20 heavy (non-hydrogen) atoms. The smallest absolute Gasteiger partial charge is 0.112 e. The van der Waals surface area contributed by atoms with E-state index in [2.05, 4.69) is 22.5 Å². The molecule has 2 aromatic carbocycles. The number of hydrogen-bond donors (Lipinski definition) is 1. The van der Waals surface area contributed by atoms with Gasteiger partial charge in [0, 0.05) is 18.0 Å². The van der Waals surface area contributed by atoms with E-state index in [0.717, 1.165) is 40.5 Å². The quantitative estimate of drug-likeness (QED) is 0.742.